The summed E-state index contributed by atoms with van der Waals surface area (Å²) in [7, 11) is 0. The van der Waals surface area contributed by atoms with Crippen LogP contribution in [-0.2, 0) is 11.2 Å². The first-order valence-electron chi connectivity index (χ1n) is 7.79. The topological polar surface area (TPSA) is 55.1 Å². The Hall–Kier alpha value is -2.20. The summed E-state index contributed by atoms with van der Waals surface area (Å²) < 4.78 is 0. The van der Waals surface area contributed by atoms with Crippen molar-refractivity contribution >= 4 is 28.7 Å². The van der Waals surface area contributed by atoms with Crippen LogP contribution in [0.15, 0.2) is 48.5 Å². The molecule has 2 unspecified atom stereocenters. The molecule has 118 valence electrons. The molecule has 23 heavy (non-hydrogen) atoms. The molecule has 0 saturated heterocycles. The molecule has 2 aromatic rings. The fraction of sp³-hybridized carbons (Fsp3) is 0.263. The predicted octanol–water partition coefficient (Wildman–Crippen LogP) is 3.24. The highest BCUT2D eigenvalue weighted by atomic mass is 32.1. The number of primary amides is 1. The van der Waals surface area contributed by atoms with E-state index in [1.165, 1.54) is 5.56 Å². The van der Waals surface area contributed by atoms with Gasteiger partial charge in [-0.3, -0.25) is 4.79 Å². The normalized spacial score (nSPS) is 19.8. The van der Waals surface area contributed by atoms with Gasteiger partial charge in [0.2, 0.25) is 5.91 Å². The lowest BCUT2D eigenvalue weighted by Crippen LogP contribution is -2.43. The van der Waals surface area contributed by atoms with Crippen molar-refractivity contribution in [3.05, 3.63) is 65.2 Å². The summed E-state index contributed by atoms with van der Waals surface area (Å²) in [5.41, 5.74) is 9.94. The molecule has 0 aromatic heterocycles. The van der Waals surface area contributed by atoms with Gasteiger partial charge in [-0.25, -0.2) is 0 Å². The second kappa shape index (κ2) is 6.50. The Labute approximate surface area is 141 Å². The number of anilines is 1. The Morgan fingerprint density at radius 1 is 1.17 bits per heavy atom. The summed E-state index contributed by atoms with van der Waals surface area (Å²) in [5, 5.41) is 3.48. The van der Waals surface area contributed by atoms with Gasteiger partial charge in [-0.2, -0.15) is 0 Å². The molecule has 1 aliphatic rings. The van der Waals surface area contributed by atoms with Crippen LogP contribution in [0, 0.1) is 12.8 Å². The maximum atomic E-state index is 11.5. The number of nitrogens with one attached hydrogen (secondary N) is 1. The number of rotatable bonds is 4. The van der Waals surface area contributed by atoms with Gasteiger partial charge < -0.3 is 11.1 Å². The number of nitrogens with two attached hydrogens (primary N) is 1. The number of thiocarbonyl (C=S) groups is 1. The van der Waals surface area contributed by atoms with Gasteiger partial charge in [-0.15, -0.1) is 0 Å². The Kier molecular flexibility index (Phi) is 4.44. The van der Waals surface area contributed by atoms with Crippen LogP contribution in [0.25, 0.3) is 0 Å². The van der Waals surface area contributed by atoms with Gasteiger partial charge in [0, 0.05) is 34.5 Å². The quantitative estimate of drug-likeness (QED) is 0.849. The summed E-state index contributed by atoms with van der Waals surface area (Å²) in [5.74, 6) is -0.229. The Morgan fingerprint density at radius 3 is 2.61 bits per heavy atom. The smallest absolute Gasteiger partial charge is 0.219 e. The van der Waals surface area contributed by atoms with Gasteiger partial charge in [-0.1, -0.05) is 54.7 Å². The third-order valence-electron chi connectivity index (χ3n) is 4.40. The van der Waals surface area contributed by atoms with E-state index in [-0.39, 0.29) is 24.3 Å². The molecule has 4 heteroatoms. The fourth-order valence-electron chi connectivity index (χ4n) is 3.30. The molecule has 0 spiro atoms. The molecule has 0 radical (unpaired) electrons. The van der Waals surface area contributed by atoms with Gasteiger partial charge in [0.05, 0.1) is 0 Å². The molecular weight excluding hydrogens is 304 g/mol. The van der Waals surface area contributed by atoms with Crippen molar-refractivity contribution in [1.29, 1.82) is 0 Å². The second-order valence-corrected chi connectivity index (χ2v) is 6.52. The van der Waals surface area contributed by atoms with Crippen LogP contribution < -0.4 is 11.1 Å². The summed E-state index contributed by atoms with van der Waals surface area (Å²) >= 11 is 5.81. The summed E-state index contributed by atoms with van der Waals surface area (Å²) in [4.78, 5) is 12.4. The SMILES string of the molecule is Cc1cccc2c1C(=S)C(Cc1ccccc1)C(CC(N)=O)N2. The van der Waals surface area contributed by atoms with Crippen LogP contribution in [-0.4, -0.2) is 16.8 Å². The maximum Gasteiger partial charge on any atom is 0.219 e. The number of carbonyl (C=O) groups excluding carboxylic acids is 1. The molecule has 3 nitrogen and oxygen atoms in total. The number of fused-ring (bicyclic) bond motifs is 1. The first kappa shape index (κ1) is 15.7. The molecule has 0 saturated carbocycles. The molecule has 0 bridgehead atoms. The third-order valence-corrected chi connectivity index (χ3v) is 4.91. The highest BCUT2D eigenvalue weighted by molar-refractivity contribution is 7.81. The van der Waals surface area contributed by atoms with Gasteiger partial charge in [-0.05, 0) is 30.5 Å². The zero-order chi connectivity index (χ0) is 16.4. The minimum Gasteiger partial charge on any atom is -0.381 e. The minimum atomic E-state index is -0.306. The second-order valence-electron chi connectivity index (χ2n) is 6.08. The van der Waals surface area contributed by atoms with Crippen LogP contribution in [0.1, 0.15) is 23.1 Å². The van der Waals surface area contributed by atoms with E-state index in [2.05, 4.69) is 30.4 Å². The van der Waals surface area contributed by atoms with E-state index in [0.29, 0.717) is 0 Å². The van der Waals surface area contributed by atoms with E-state index < -0.39 is 0 Å². The number of hydrogen-bond donors (Lipinski definition) is 2. The monoisotopic (exact) mass is 324 g/mol. The molecule has 2 aromatic carbocycles. The van der Waals surface area contributed by atoms with Gasteiger partial charge in [0.1, 0.15) is 0 Å². The van der Waals surface area contributed by atoms with Gasteiger partial charge >= 0.3 is 0 Å². The van der Waals surface area contributed by atoms with Crippen molar-refractivity contribution in [2.75, 3.05) is 5.32 Å². The van der Waals surface area contributed by atoms with E-state index in [9.17, 15) is 4.79 Å². The zero-order valence-corrected chi connectivity index (χ0v) is 13.9. The highest BCUT2D eigenvalue weighted by Crippen LogP contribution is 2.34. The number of carbonyl (C=O) groups is 1. The molecule has 3 N–H and O–H groups in total. The first-order valence-corrected chi connectivity index (χ1v) is 8.19. The van der Waals surface area contributed by atoms with Crippen LogP contribution >= 0.6 is 12.2 Å². The summed E-state index contributed by atoms with van der Waals surface area (Å²) in [6.45, 7) is 2.07. The minimum absolute atomic E-state index is 0.0606. The average Bonchev–Trinajstić information content (AvgIpc) is 2.51. The third kappa shape index (κ3) is 3.27. The van der Waals surface area contributed by atoms with Crippen molar-refractivity contribution in [3.63, 3.8) is 0 Å². The molecule has 1 heterocycles. The van der Waals surface area contributed by atoms with Crippen LogP contribution in [0.4, 0.5) is 5.69 Å². The van der Waals surface area contributed by atoms with Crippen molar-refractivity contribution in [2.24, 2.45) is 11.7 Å². The molecule has 0 aliphatic carbocycles. The van der Waals surface area contributed by atoms with E-state index in [0.717, 1.165) is 28.1 Å². The zero-order valence-electron chi connectivity index (χ0n) is 13.1. The first-order chi connectivity index (χ1) is 11.1. The molecule has 1 aliphatic heterocycles. The summed E-state index contributed by atoms with van der Waals surface area (Å²) in [6.07, 6.45) is 1.09. The van der Waals surface area contributed by atoms with Crippen molar-refractivity contribution in [2.45, 2.75) is 25.8 Å². The number of amides is 1. The highest BCUT2D eigenvalue weighted by Gasteiger charge is 2.34. The molecular formula is C19H20N2OS. The van der Waals surface area contributed by atoms with Crippen molar-refractivity contribution in [1.82, 2.24) is 0 Å². The maximum absolute atomic E-state index is 11.5. The number of benzene rings is 2. The lowest BCUT2D eigenvalue weighted by atomic mass is 9.80. The van der Waals surface area contributed by atoms with Crippen LogP contribution in [0.5, 0.6) is 0 Å². The van der Waals surface area contributed by atoms with Crippen LogP contribution in [0.3, 0.4) is 0 Å². The lowest BCUT2D eigenvalue weighted by molar-refractivity contribution is -0.118. The number of hydrogen-bond acceptors (Lipinski definition) is 3. The predicted molar refractivity (Wildman–Crippen MR) is 97.7 cm³/mol. The standard InChI is InChI=1S/C19H20N2OS/c1-12-6-5-9-15-18(12)19(23)14(16(21-15)11-17(20)22)10-13-7-3-2-4-8-13/h2-9,14,16,21H,10-11H2,1H3,(H2,20,22). The fourth-order valence-corrected chi connectivity index (χ4v) is 3.82. The molecule has 0 fully saturated rings. The van der Waals surface area contributed by atoms with Crippen molar-refractivity contribution < 1.29 is 4.79 Å². The average molecular weight is 324 g/mol. The van der Waals surface area contributed by atoms with Crippen molar-refractivity contribution in [3.8, 4) is 0 Å². The number of aryl methyl sites for hydroxylation is 1. The van der Waals surface area contributed by atoms with Gasteiger partial charge in [0.15, 0.2) is 0 Å². The molecule has 3 rings (SSSR count). The Bertz CT molecular complexity index is 742. The van der Waals surface area contributed by atoms with E-state index >= 15 is 0 Å². The van der Waals surface area contributed by atoms with Crippen LogP contribution in [0.2, 0.25) is 0 Å². The molecule has 2 atom stereocenters. The lowest BCUT2D eigenvalue weighted by Gasteiger charge is -2.36. The molecule has 1 amide bonds. The summed E-state index contributed by atoms with van der Waals surface area (Å²) in [6, 6.07) is 16.3. The Morgan fingerprint density at radius 2 is 1.91 bits per heavy atom. The largest absolute Gasteiger partial charge is 0.381 e. The van der Waals surface area contributed by atoms with E-state index in [1.54, 1.807) is 0 Å². The van der Waals surface area contributed by atoms with E-state index in [4.69, 9.17) is 18.0 Å². The Balaban J connectivity index is 1.98. The van der Waals surface area contributed by atoms with E-state index in [1.807, 2.05) is 30.3 Å². The van der Waals surface area contributed by atoms with Gasteiger partial charge in [0.25, 0.3) is 0 Å².